The third-order valence-corrected chi connectivity index (χ3v) is 2.42. The quantitative estimate of drug-likeness (QED) is 0.701. The van der Waals surface area contributed by atoms with Crippen LogP contribution in [0.5, 0.6) is 0 Å². The van der Waals surface area contributed by atoms with E-state index in [0.717, 1.165) is 12.3 Å². The minimum Gasteiger partial charge on any atom is -0.389 e. The maximum Gasteiger partial charge on any atom is 0.0746 e. The number of rotatable bonds is 4. The van der Waals surface area contributed by atoms with E-state index in [1.807, 2.05) is 6.92 Å². The van der Waals surface area contributed by atoms with Gasteiger partial charge in [-0.05, 0) is 40.0 Å². The van der Waals surface area contributed by atoms with Crippen LogP contribution in [-0.2, 0) is 0 Å². The van der Waals surface area contributed by atoms with Gasteiger partial charge in [-0.25, -0.2) is 0 Å². The third-order valence-electron chi connectivity index (χ3n) is 2.42. The van der Waals surface area contributed by atoms with Crippen molar-refractivity contribution in [1.29, 1.82) is 0 Å². The molecule has 2 N–H and O–H groups in total. The molecule has 1 rings (SSSR count). The smallest absolute Gasteiger partial charge is 0.0746 e. The van der Waals surface area contributed by atoms with Crippen molar-refractivity contribution >= 4 is 0 Å². The van der Waals surface area contributed by atoms with Crippen molar-refractivity contribution in [2.24, 2.45) is 5.92 Å². The third kappa shape index (κ3) is 5.27. The molecule has 1 saturated carbocycles. The summed E-state index contributed by atoms with van der Waals surface area (Å²) in [5.41, 5.74) is -0.415. The highest BCUT2D eigenvalue weighted by Crippen LogP contribution is 2.36. The van der Waals surface area contributed by atoms with E-state index in [0.29, 0.717) is 6.54 Å². The first-order chi connectivity index (χ1) is 5.79. The van der Waals surface area contributed by atoms with Gasteiger partial charge in [-0.15, -0.1) is 0 Å². The Balaban J connectivity index is 2.24. The first kappa shape index (κ1) is 11.0. The first-order valence-electron chi connectivity index (χ1n) is 5.26. The highest BCUT2D eigenvalue weighted by Gasteiger charge is 2.32. The Kier molecular flexibility index (Phi) is 3.03. The second-order valence-electron chi connectivity index (χ2n) is 5.75. The van der Waals surface area contributed by atoms with Crippen LogP contribution in [0.3, 0.4) is 0 Å². The molecule has 0 aromatic heterocycles. The Labute approximate surface area is 81.7 Å². The lowest BCUT2D eigenvalue weighted by Gasteiger charge is -2.29. The molecule has 1 aliphatic rings. The molecule has 0 heterocycles. The van der Waals surface area contributed by atoms with Crippen LogP contribution in [0, 0.1) is 5.92 Å². The van der Waals surface area contributed by atoms with E-state index in [2.05, 4.69) is 26.1 Å². The second kappa shape index (κ2) is 3.58. The standard InChI is InChI=1S/C11H23NO/c1-10(2,3)12-8-11(4,13)7-9-5-6-9/h9,12-13H,5-8H2,1-4H3. The van der Waals surface area contributed by atoms with Crippen molar-refractivity contribution in [3.05, 3.63) is 0 Å². The van der Waals surface area contributed by atoms with Gasteiger partial charge in [-0.3, -0.25) is 0 Å². The number of nitrogens with one attached hydrogen (secondary N) is 1. The van der Waals surface area contributed by atoms with E-state index >= 15 is 0 Å². The molecule has 2 heteroatoms. The molecule has 0 saturated heterocycles. The summed E-state index contributed by atoms with van der Waals surface area (Å²) in [5.74, 6) is 0.789. The molecular formula is C11H23NO. The summed E-state index contributed by atoms with van der Waals surface area (Å²) in [7, 11) is 0. The maximum atomic E-state index is 10.0. The Hall–Kier alpha value is -0.0800. The van der Waals surface area contributed by atoms with Crippen LogP contribution < -0.4 is 5.32 Å². The van der Waals surface area contributed by atoms with Gasteiger partial charge >= 0.3 is 0 Å². The predicted octanol–water partition coefficient (Wildman–Crippen LogP) is 1.93. The average Bonchev–Trinajstić information content (AvgIpc) is 2.66. The molecule has 1 unspecified atom stereocenters. The zero-order chi connectivity index (χ0) is 10.1. The molecule has 0 spiro atoms. The van der Waals surface area contributed by atoms with E-state index in [4.69, 9.17) is 0 Å². The van der Waals surface area contributed by atoms with Crippen LogP contribution in [0.4, 0.5) is 0 Å². The number of β-amino-alcohol motifs (C(OH)–C–C–N with tert-alkyl or cyclic N) is 1. The summed E-state index contributed by atoms with van der Waals surface area (Å²) in [6.45, 7) is 9.01. The molecule has 13 heavy (non-hydrogen) atoms. The largest absolute Gasteiger partial charge is 0.389 e. The SMILES string of the molecule is CC(O)(CNC(C)(C)C)CC1CC1. The first-order valence-corrected chi connectivity index (χ1v) is 5.26. The van der Waals surface area contributed by atoms with Gasteiger partial charge in [-0.2, -0.15) is 0 Å². The molecular weight excluding hydrogens is 162 g/mol. The van der Waals surface area contributed by atoms with Crippen LogP contribution in [0.15, 0.2) is 0 Å². The number of hydrogen-bond donors (Lipinski definition) is 2. The topological polar surface area (TPSA) is 32.3 Å². The molecule has 0 aromatic carbocycles. The van der Waals surface area contributed by atoms with Crippen LogP contribution in [0.1, 0.15) is 47.0 Å². The monoisotopic (exact) mass is 185 g/mol. The molecule has 0 aliphatic heterocycles. The minimum atomic E-state index is -0.519. The highest BCUT2D eigenvalue weighted by atomic mass is 16.3. The number of aliphatic hydroxyl groups is 1. The fourth-order valence-corrected chi connectivity index (χ4v) is 1.47. The van der Waals surface area contributed by atoms with Crippen LogP contribution >= 0.6 is 0 Å². The summed E-state index contributed by atoms with van der Waals surface area (Å²) in [6.07, 6.45) is 3.58. The van der Waals surface area contributed by atoms with Crippen LogP contribution in [0.2, 0.25) is 0 Å². The van der Waals surface area contributed by atoms with Crippen LogP contribution in [-0.4, -0.2) is 22.8 Å². The predicted molar refractivity (Wildman–Crippen MR) is 55.7 cm³/mol. The lowest BCUT2D eigenvalue weighted by molar-refractivity contribution is 0.0391. The molecule has 0 radical (unpaired) electrons. The Morgan fingerprint density at radius 3 is 2.15 bits per heavy atom. The molecule has 78 valence electrons. The van der Waals surface area contributed by atoms with Gasteiger partial charge < -0.3 is 10.4 Å². The highest BCUT2D eigenvalue weighted by molar-refractivity contribution is 4.87. The molecule has 1 atom stereocenters. The van der Waals surface area contributed by atoms with E-state index < -0.39 is 5.60 Å². The van der Waals surface area contributed by atoms with Crippen molar-refractivity contribution in [3.63, 3.8) is 0 Å². The minimum absolute atomic E-state index is 0.105. The lowest BCUT2D eigenvalue weighted by atomic mass is 9.97. The normalized spacial score (nSPS) is 22.8. The van der Waals surface area contributed by atoms with Gasteiger partial charge in [0, 0.05) is 12.1 Å². The molecule has 0 bridgehead atoms. The zero-order valence-corrected chi connectivity index (χ0v) is 9.35. The zero-order valence-electron chi connectivity index (χ0n) is 9.35. The molecule has 2 nitrogen and oxygen atoms in total. The summed E-state index contributed by atoms with van der Waals surface area (Å²) < 4.78 is 0. The van der Waals surface area contributed by atoms with Gasteiger partial charge in [0.15, 0.2) is 0 Å². The Morgan fingerprint density at radius 1 is 1.23 bits per heavy atom. The molecule has 0 aromatic rings. The maximum absolute atomic E-state index is 10.0. The summed E-state index contributed by atoms with van der Waals surface area (Å²) in [6, 6.07) is 0. The Morgan fingerprint density at radius 2 is 1.77 bits per heavy atom. The van der Waals surface area contributed by atoms with Crippen molar-refractivity contribution < 1.29 is 5.11 Å². The van der Waals surface area contributed by atoms with E-state index in [1.54, 1.807) is 0 Å². The van der Waals surface area contributed by atoms with Gasteiger partial charge in [0.25, 0.3) is 0 Å². The van der Waals surface area contributed by atoms with Crippen molar-refractivity contribution in [2.45, 2.75) is 58.1 Å². The molecule has 1 fully saturated rings. The summed E-state index contributed by atoms with van der Waals surface area (Å²) in [5, 5.41) is 13.4. The van der Waals surface area contributed by atoms with Crippen molar-refractivity contribution in [2.75, 3.05) is 6.54 Å². The van der Waals surface area contributed by atoms with E-state index in [9.17, 15) is 5.11 Å². The fraction of sp³-hybridized carbons (Fsp3) is 1.00. The summed E-state index contributed by atoms with van der Waals surface area (Å²) in [4.78, 5) is 0. The van der Waals surface area contributed by atoms with Crippen molar-refractivity contribution in [3.8, 4) is 0 Å². The average molecular weight is 185 g/mol. The fourth-order valence-electron chi connectivity index (χ4n) is 1.47. The second-order valence-corrected chi connectivity index (χ2v) is 5.75. The summed E-state index contributed by atoms with van der Waals surface area (Å²) >= 11 is 0. The molecule has 1 aliphatic carbocycles. The lowest BCUT2D eigenvalue weighted by Crippen LogP contribution is -2.46. The van der Waals surface area contributed by atoms with Gasteiger partial charge in [0.1, 0.15) is 0 Å². The van der Waals surface area contributed by atoms with Crippen LogP contribution in [0.25, 0.3) is 0 Å². The van der Waals surface area contributed by atoms with Gasteiger partial charge in [0.2, 0.25) is 0 Å². The molecule has 0 amide bonds. The Bertz CT molecular complexity index is 165. The van der Waals surface area contributed by atoms with E-state index in [1.165, 1.54) is 12.8 Å². The number of hydrogen-bond acceptors (Lipinski definition) is 2. The van der Waals surface area contributed by atoms with Gasteiger partial charge in [0.05, 0.1) is 5.60 Å². The van der Waals surface area contributed by atoms with E-state index in [-0.39, 0.29) is 5.54 Å². The van der Waals surface area contributed by atoms with Crippen molar-refractivity contribution in [1.82, 2.24) is 5.32 Å². The van der Waals surface area contributed by atoms with Gasteiger partial charge in [-0.1, -0.05) is 12.8 Å².